The number of hydrogen-bond acceptors (Lipinski definition) is 2. The summed E-state index contributed by atoms with van der Waals surface area (Å²) in [5.41, 5.74) is 0.421. The second kappa shape index (κ2) is 6.04. The maximum atomic E-state index is 10.6. The van der Waals surface area contributed by atoms with Crippen LogP contribution in [0.1, 0.15) is 40.0 Å². The molecule has 1 aliphatic carbocycles. The molecule has 2 unspecified atom stereocenters. The highest BCUT2D eigenvalue weighted by molar-refractivity contribution is 5.85. The molecule has 0 spiro atoms. The fraction of sp³-hybridized carbons (Fsp3) is 0.769. The zero-order valence-electron chi connectivity index (χ0n) is 10.5. The highest BCUT2D eigenvalue weighted by atomic mass is 16.4. The van der Waals surface area contributed by atoms with Crippen LogP contribution in [0.4, 0.5) is 0 Å². The summed E-state index contributed by atoms with van der Waals surface area (Å²) in [6, 6.07) is 0.552. The maximum Gasteiger partial charge on any atom is 0.330 e. The van der Waals surface area contributed by atoms with Gasteiger partial charge in [-0.1, -0.05) is 19.9 Å². The van der Waals surface area contributed by atoms with Crippen molar-refractivity contribution in [1.82, 2.24) is 5.32 Å². The summed E-state index contributed by atoms with van der Waals surface area (Å²) in [5, 5.41) is 12.1. The van der Waals surface area contributed by atoms with E-state index < -0.39 is 5.97 Å². The Morgan fingerprint density at radius 3 is 2.38 bits per heavy atom. The standard InChI is InChI=1S/C13H23NO2/c1-9-6-10(2)8-12(7-9)14-5-4-11(3)13(15)16/h4,9-10,12,14H,5-8H2,1-3H3,(H,15,16)/b11-4-. The average molecular weight is 225 g/mol. The molecule has 0 aromatic carbocycles. The van der Waals surface area contributed by atoms with Gasteiger partial charge in [-0.15, -0.1) is 0 Å². The Kier molecular flexibility index (Phi) is 5.00. The monoisotopic (exact) mass is 225 g/mol. The van der Waals surface area contributed by atoms with Crippen LogP contribution in [-0.4, -0.2) is 23.7 Å². The molecule has 0 bridgehead atoms. The Morgan fingerprint density at radius 1 is 1.31 bits per heavy atom. The molecule has 0 aromatic heterocycles. The average Bonchev–Trinajstić information content (AvgIpc) is 2.15. The summed E-state index contributed by atoms with van der Waals surface area (Å²) in [5.74, 6) is 0.740. The smallest absolute Gasteiger partial charge is 0.330 e. The van der Waals surface area contributed by atoms with Crippen LogP contribution in [-0.2, 0) is 4.79 Å². The molecule has 16 heavy (non-hydrogen) atoms. The number of carbonyl (C=O) groups is 1. The Bertz CT molecular complexity index is 263. The van der Waals surface area contributed by atoms with E-state index in [9.17, 15) is 4.79 Å². The van der Waals surface area contributed by atoms with Crippen LogP contribution < -0.4 is 5.32 Å². The molecule has 2 atom stereocenters. The van der Waals surface area contributed by atoms with Crippen molar-refractivity contribution in [2.24, 2.45) is 11.8 Å². The molecule has 3 heteroatoms. The van der Waals surface area contributed by atoms with E-state index in [0.29, 0.717) is 18.2 Å². The highest BCUT2D eigenvalue weighted by Gasteiger charge is 2.22. The number of nitrogens with one attached hydrogen (secondary N) is 1. The largest absolute Gasteiger partial charge is 0.478 e. The van der Waals surface area contributed by atoms with Crippen molar-refractivity contribution in [1.29, 1.82) is 0 Å². The normalized spacial score (nSPS) is 31.4. The van der Waals surface area contributed by atoms with Gasteiger partial charge in [-0.3, -0.25) is 0 Å². The fourth-order valence-electron chi connectivity index (χ4n) is 2.58. The van der Waals surface area contributed by atoms with Gasteiger partial charge in [-0.25, -0.2) is 4.79 Å². The Hall–Kier alpha value is -0.830. The van der Waals surface area contributed by atoms with Crippen LogP contribution in [0.25, 0.3) is 0 Å². The third-order valence-electron chi connectivity index (χ3n) is 3.33. The van der Waals surface area contributed by atoms with Gasteiger partial charge in [0.2, 0.25) is 0 Å². The fourth-order valence-corrected chi connectivity index (χ4v) is 2.58. The zero-order valence-corrected chi connectivity index (χ0v) is 10.5. The molecule has 0 aromatic rings. The van der Waals surface area contributed by atoms with Gasteiger partial charge in [0.05, 0.1) is 0 Å². The lowest BCUT2D eigenvalue weighted by Crippen LogP contribution is -2.36. The van der Waals surface area contributed by atoms with Gasteiger partial charge in [-0.05, 0) is 38.0 Å². The van der Waals surface area contributed by atoms with Crippen LogP contribution in [0, 0.1) is 11.8 Å². The molecule has 3 nitrogen and oxygen atoms in total. The molecule has 0 aliphatic heterocycles. The van der Waals surface area contributed by atoms with Crippen molar-refractivity contribution in [2.45, 2.75) is 46.1 Å². The quantitative estimate of drug-likeness (QED) is 0.722. The van der Waals surface area contributed by atoms with E-state index >= 15 is 0 Å². The van der Waals surface area contributed by atoms with Crippen molar-refractivity contribution >= 4 is 5.97 Å². The first-order valence-corrected chi connectivity index (χ1v) is 6.12. The minimum Gasteiger partial charge on any atom is -0.478 e. The zero-order chi connectivity index (χ0) is 12.1. The number of carboxylic acids is 1. The Balaban J connectivity index is 2.32. The van der Waals surface area contributed by atoms with E-state index in [4.69, 9.17) is 5.11 Å². The first kappa shape index (κ1) is 13.2. The van der Waals surface area contributed by atoms with Gasteiger partial charge < -0.3 is 10.4 Å². The number of hydrogen-bond donors (Lipinski definition) is 2. The molecule has 0 heterocycles. The predicted octanol–water partition coefficient (Wildman–Crippen LogP) is 2.43. The topological polar surface area (TPSA) is 49.3 Å². The Morgan fingerprint density at radius 2 is 1.88 bits per heavy atom. The van der Waals surface area contributed by atoms with E-state index in [1.165, 1.54) is 19.3 Å². The lowest BCUT2D eigenvalue weighted by Gasteiger charge is -2.31. The van der Waals surface area contributed by atoms with E-state index in [-0.39, 0.29) is 0 Å². The summed E-state index contributed by atoms with van der Waals surface area (Å²) < 4.78 is 0. The van der Waals surface area contributed by atoms with Gasteiger partial charge in [-0.2, -0.15) is 0 Å². The van der Waals surface area contributed by atoms with E-state index in [1.807, 2.05) is 0 Å². The molecular formula is C13H23NO2. The molecule has 0 amide bonds. The van der Waals surface area contributed by atoms with Crippen LogP contribution in [0.15, 0.2) is 11.6 Å². The van der Waals surface area contributed by atoms with Gasteiger partial charge in [0.25, 0.3) is 0 Å². The third kappa shape index (κ3) is 4.35. The minimum absolute atomic E-state index is 0.421. The summed E-state index contributed by atoms with van der Waals surface area (Å²) in [7, 11) is 0. The molecule has 0 radical (unpaired) electrons. The van der Waals surface area contributed by atoms with Crippen LogP contribution >= 0.6 is 0 Å². The third-order valence-corrected chi connectivity index (χ3v) is 3.33. The summed E-state index contributed by atoms with van der Waals surface area (Å²) >= 11 is 0. The summed E-state index contributed by atoms with van der Waals surface area (Å²) in [6.07, 6.45) is 5.50. The maximum absolute atomic E-state index is 10.6. The Labute approximate surface area is 97.9 Å². The van der Waals surface area contributed by atoms with E-state index in [1.54, 1.807) is 13.0 Å². The number of carboxylic acid groups (broad SMARTS) is 1. The SMILES string of the molecule is C/C(=C/CNC1CC(C)CC(C)C1)C(=O)O. The molecular weight excluding hydrogens is 202 g/mol. The lowest BCUT2D eigenvalue weighted by atomic mass is 9.80. The molecule has 1 fully saturated rings. The van der Waals surface area contributed by atoms with Crippen molar-refractivity contribution in [3.63, 3.8) is 0 Å². The van der Waals surface area contributed by atoms with Crippen LogP contribution in [0.2, 0.25) is 0 Å². The molecule has 1 aliphatic rings. The second-order valence-corrected chi connectivity index (χ2v) is 5.21. The van der Waals surface area contributed by atoms with Crippen LogP contribution in [0.5, 0.6) is 0 Å². The van der Waals surface area contributed by atoms with Gasteiger partial charge in [0, 0.05) is 18.2 Å². The predicted molar refractivity (Wildman–Crippen MR) is 65.4 cm³/mol. The highest BCUT2D eigenvalue weighted by Crippen LogP contribution is 2.28. The summed E-state index contributed by atoms with van der Waals surface area (Å²) in [6.45, 7) is 6.89. The first-order valence-electron chi connectivity index (χ1n) is 6.12. The lowest BCUT2D eigenvalue weighted by molar-refractivity contribution is -0.132. The van der Waals surface area contributed by atoms with E-state index in [2.05, 4.69) is 19.2 Å². The molecule has 2 N–H and O–H groups in total. The van der Waals surface area contributed by atoms with Crippen molar-refractivity contribution in [3.8, 4) is 0 Å². The molecule has 92 valence electrons. The molecule has 1 saturated carbocycles. The van der Waals surface area contributed by atoms with Gasteiger partial charge in [0.1, 0.15) is 0 Å². The minimum atomic E-state index is -0.827. The van der Waals surface area contributed by atoms with Crippen molar-refractivity contribution in [2.75, 3.05) is 6.54 Å². The second-order valence-electron chi connectivity index (χ2n) is 5.21. The first-order chi connectivity index (χ1) is 7.49. The molecule has 1 rings (SSSR count). The van der Waals surface area contributed by atoms with Crippen molar-refractivity contribution in [3.05, 3.63) is 11.6 Å². The summed E-state index contributed by atoms with van der Waals surface area (Å²) in [4.78, 5) is 10.6. The number of aliphatic carboxylic acids is 1. The molecule has 0 saturated heterocycles. The van der Waals surface area contributed by atoms with Crippen molar-refractivity contribution < 1.29 is 9.90 Å². The van der Waals surface area contributed by atoms with Gasteiger partial charge >= 0.3 is 5.97 Å². The van der Waals surface area contributed by atoms with E-state index in [0.717, 1.165) is 11.8 Å². The van der Waals surface area contributed by atoms with Crippen LogP contribution in [0.3, 0.4) is 0 Å². The van der Waals surface area contributed by atoms with Gasteiger partial charge in [0.15, 0.2) is 0 Å². The number of rotatable bonds is 4.